The normalized spacial score (nSPS) is 21.5. The van der Waals surface area contributed by atoms with Crippen LogP contribution in [0.15, 0.2) is 47.4 Å². The molecule has 1 aliphatic carbocycles. The summed E-state index contributed by atoms with van der Waals surface area (Å²) in [4.78, 5) is 23.6. The quantitative estimate of drug-likeness (QED) is 0.451. The van der Waals surface area contributed by atoms with Gasteiger partial charge in [0.1, 0.15) is 11.9 Å². The van der Waals surface area contributed by atoms with Gasteiger partial charge >= 0.3 is 0 Å². The van der Waals surface area contributed by atoms with Crippen molar-refractivity contribution in [2.24, 2.45) is 0 Å². The molecule has 0 aromatic heterocycles. The Labute approximate surface area is 150 Å². The topological polar surface area (TPSA) is 86.6 Å². The number of Topliss-reactive ketones (excluding diaryl/α,β-unsaturated/α-hetero) is 1. The molecule has 2 aliphatic rings. The van der Waals surface area contributed by atoms with Crippen molar-refractivity contribution in [2.45, 2.75) is 31.1 Å². The summed E-state index contributed by atoms with van der Waals surface area (Å²) in [5, 5.41) is 21.3. The largest absolute Gasteiger partial charge is 0.510 e. The van der Waals surface area contributed by atoms with E-state index < -0.39 is 6.10 Å². The summed E-state index contributed by atoms with van der Waals surface area (Å²) in [6.07, 6.45) is 5.42. The van der Waals surface area contributed by atoms with Gasteiger partial charge in [0.15, 0.2) is 5.78 Å². The maximum atomic E-state index is 12.3. The highest BCUT2D eigenvalue weighted by Gasteiger charge is 2.31. The average Bonchev–Trinajstić information content (AvgIpc) is 2.91. The number of amides is 1. The third kappa shape index (κ3) is 5.29. The van der Waals surface area contributed by atoms with E-state index in [4.69, 9.17) is 5.11 Å². The van der Waals surface area contributed by atoms with Crippen LogP contribution in [0.4, 0.5) is 4.79 Å². The minimum atomic E-state index is -0.944. The van der Waals surface area contributed by atoms with Gasteiger partial charge in [0.05, 0.1) is 11.0 Å². The molecular formula is C17H21NO4S2. The number of carbonyl (C=O) groups excluding carboxylic acids is 2. The van der Waals surface area contributed by atoms with Gasteiger partial charge in [0.2, 0.25) is 0 Å². The lowest BCUT2D eigenvalue weighted by atomic mass is 9.99. The Morgan fingerprint density at radius 1 is 1.54 bits per heavy atom. The van der Waals surface area contributed by atoms with Crippen molar-refractivity contribution in [1.82, 2.24) is 5.32 Å². The number of aliphatic hydroxyl groups is 2. The molecule has 2 unspecified atom stereocenters. The molecule has 2 rings (SSSR count). The van der Waals surface area contributed by atoms with Gasteiger partial charge in [0, 0.05) is 11.4 Å². The van der Waals surface area contributed by atoms with E-state index >= 15 is 0 Å². The summed E-state index contributed by atoms with van der Waals surface area (Å²) < 4.78 is 0. The molecule has 5 nitrogen and oxygen atoms in total. The van der Waals surface area contributed by atoms with Gasteiger partial charge in [-0.25, -0.2) is 0 Å². The average molecular weight is 367 g/mol. The summed E-state index contributed by atoms with van der Waals surface area (Å²) >= 11 is 2.75. The second kappa shape index (κ2) is 8.60. The van der Waals surface area contributed by atoms with Gasteiger partial charge in [-0.3, -0.25) is 9.59 Å². The van der Waals surface area contributed by atoms with Crippen LogP contribution in [0.25, 0.3) is 0 Å². The molecule has 1 fully saturated rings. The molecular weight excluding hydrogens is 346 g/mol. The second-order valence-corrected chi connectivity index (χ2v) is 7.91. The Balaban J connectivity index is 1.75. The lowest BCUT2D eigenvalue weighted by molar-refractivity contribution is -0.113. The minimum Gasteiger partial charge on any atom is -0.510 e. The van der Waals surface area contributed by atoms with E-state index in [0.717, 1.165) is 16.8 Å². The van der Waals surface area contributed by atoms with Crippen LogP contribution >= 0.6 is 23.5 Å². The molecule has 0 aromatic rings. The molecule has 1 saturated heterocycles. The Hall–Kier alpha value is -1.44. The third-order valence-electron chi connectivity index (χ3n) is 3.71. The van der Waals surface area contributed by atoms with Gasteiger partial charge in [0.25, 0.3) is 5.24 Å². The zero-order valence-corrected chi connectivity index (χ0v) is 15.1. The number of carbonyl (C=O) groups is 2. The SMILES string of the molecule is C=C(O)C(O)C/C=C(\C)CSCC(=O)C1=CC=C2NC(=O)SC2C1. The Bertz CT molecular complexity index is 637. The zero-order valence-electron chi connectivity index (χ0n) is 13.4. The number of ketones is 1. The van der Waals surface area contributed by atoms with Gasteiger partial charge in [-0.15, -0.1) is 11.8 Å². The molecule has 7 heteroatoms. The number of fused-ring (bicyclic) bond motifs is 1. The standard InChI is InChI=1S/C17H21NO4S2/c1-10(3-6-14(20)11(2)19)8-23-9-15(21)12-4-5-13-16(7-12)24-17(22)18-13/h3-5,14,16,19-20H,2,6-9H2,1H3,(H,18,22)/b10-3+. The first-order valence-electron chi connectivity index (χ1n) is 7.57. The van der Waals surface area contributed by atoms with Crippen molar-refractivity contribution in [2.75, 3.05) is 11.5 Å². The molecule has 0 spiro atoms. The van der Waals surface area contributed by atoms with Crippen LogP contribution in [0.1, 0.15) is 19.8 Å². The maximum absolute atomic E-state index is 12.3. The lowest BCUT2D eigenvalue weighted by Gasteiger charge is -2.15. The number of thioether (sulfide) groups is 2. The highest BCUT2D eigenvalue weighted by Crippen LogP contribution is 2.34. The first-order chi connectivity index (χ1) is 11.4. The van der Waals surface area contributed by atoms with Crippen LogP contribution in [-0.4, -0.2) is 44.1 Å². The van der Waals surface area contributed by atoms with E-state index in [1.54, 1.807) is 6.08 Å². The highest BCUT2D eigenvalue weighted by molar-refractivity contribution is 8.14. The van der Waals surface area contributed by atoms with E-state index in [0.29, 0.717) is 24.3 Å². The Morgan fingerprint density at radius 3 is 3.00 bits per heavy atom. The summed E-state index contributed by atoms with van der Waals surface area (Å²) in [5.41, 5.74) is 2.68. The molecule has 24 heavy (non-hydrogen) atoms. The number of hydrogen-bond acceptors (Lipinski definition) is 6. The van der Waals surface area contributed by atoms with Gasteiger partial charge in [-0.05, 0) is 31.4 Å². The molecule has 0 radical (unpaired) electrons. The van der Waals surface area contributed by atoms with Crippen molar-refractivity contribution in [3.8, 4) is 0 Å². The molecule has 0 aromatic carbocycles. The molecule has 0 bridgehead atoms. The molecule has 1 amide bonds. The fourth-order valence-electron chi connectivity index (χ4n) is 2.29. The predicted octanol–water partition coefficient (Wildman–Crippen LogP) is 3.10. The lowest BCUT2D eigenvalue weighted by Crippen LogP contribution is -2.19. The first kappa shape index (κ1) is 18.9. The highest BCUT2D eigenvalue weighted by atomic mass is 32.2. The third-order valence-corrected chi connectivity index (χ3v) is 5.85. The van der Waals surface area contributed by atoms with Gasteiger partial charge in [-0.1, -0.05) is 36.1 Å². The maximum Gasteiger partial charge on any atom is 0.283 e. The molecule has 1 aliphatic heterocycles. The van der Waals surface area contributed by atoms with Crippen LogP contribution in [0, 0.1) is 0 Å². The van der Waals surface area contributed by atoms with E-state index in [-0.39, 0.29) is 22.0 Å². The summed E-state index contributed by atoms with van der Waals surface area (Å²) in [6.45, 7) is 5.21. The molecule has 130 valence electrons. The van der Waals surface area contributed by atoms with Crippen molar-refractivity contribution < 1.29 is 19.8 Å². The molecule has 0 saturated carbocycles. The Morgan fingerprint density at radius 2 is 2.29 bits per heavy atom. The van der Waals surface area contributed by atoms with Crippen molar-refractivity contribution in [3.05, 3.63) is 47.4 Å². The summed E-state index contributed by atoms with van der Waals surface area (Å²) in [5.74, 6) is 0.917. The first-order valence-corrected chi connectivity index (χ1v) is 9.61. The van der Waals surface area contributed by atoms with Crippen LogP contribution in [0.2, 0.25) is 0 Å². The van der Waals surface area contributed by atoms with Crippen molar-refractivity contribution in [1.29, 1.82) is 0 Å². The fourth-order valence-corrected chi connectivity index (χ4v) is 4.17. The number of hydrogen-bond donors (Lipinski definition) is 3. The van der Waals surface area contributed by atoms with Gasteiger partial charge < -0.3 is 15.5 Å². The predicted molar refractivity (Wildman–Crippen MR) is 99.2 cm³/mol. The smallest absolute Gasteiger partial charge is 0.283 e. The second-order valence-electron chi connectivity index (χ2n) is 5.75. The summed E-state index contributed by atoms with van der Waals surface area (Å²) in [7, 11) is 0. The van der Waals surface area contributed by atoms with Crippen LogP contribution in [0.5, 0.6) is 0 Å². The number of rotatable bonds is 8. The van der Waals surface area contributed by atoms with Crippen LogP contribution < -0.4 is 5.32 Å². The number of allylic oxidation sites excluding steroid dienone is 3. The monoisotopic (exact) mass is 367 g/mol. The zero-order chi connectivity index (χ0) is 17.7. The molecule has 2 atom stereocenters. The van der Waals surface area contributed by atoms with Gasteiger partial charge in [-0.2, -0.15) is 0 Å². The molecule has 3 N–H and O–H groups in total. The van der Waals surface area contributed by atoms with Crippen LogP contribution in [-0.2, 0) is 4.79 Å². The van der Waals surface area contributed by atoms with E-state index in [1.165, 1.54) is 23.5 Å². The van der Waals surface area contributed by atoms with E-state index in [2.05, 4.69) is 11.9 Å². The Kier molecular flexibility index (Phi) is 6.77. The van der Waals surface area contributed by atoms with Crippen LogP contribution in [0.3, 0.4) is 0 Å². The number of aliphatic hydroxyl groups excluding tert-OH is 2. The fraction of sp³-hybridized carbons (Fsp3) is 0.412. The van der Waals surface area contributed by atoms with Crippen molar-refractivity contribution in [3.63, 3.8) is 0 Å². The van der Waals surface area contributed by atoms with E-state index in [9.17, 15) is 14.7 Å². The molecule has 1 heterocycles. The van der Waals surface area contributed by atoms with Crippen molar-refractivity contribution >= 4 is 34.5 Å². The number of nitrogens with one attached hydrogen (secondary N) is 1. The summed E-state index contributed by atoms with van der Waals surface area (Å²) in [6, 6.07) is 0. The van der Waals surface area contributed by atoms with E-state index in [1.807, 2.05) is 19.1 Å². The minimum absolute atomic E-state index is 0.0427.